The normalized spacial score (nSPS) is 20.6. The van der Waals surface area contributed by atoms with E-state index in [1.54, 1.807) is 55.5 Å². The van der Waals surface area contributed by atoms with Gasteiger partial charge in [-0.3, -0.25) is 9.52 Å². The number of aryl methyl sites for hydroxylation is 2. The monoisotopic (exact) mass is 715 g/mol. The van der Waals surface area contributed by atoms with Crippen molar-refractivity contribution in [2.75, 3.05) is 38.1 Å². The lowest BCUT2D eigenvalue weighted by atomic mass is 10.0. The van der Waals surface area contributed by atoms with Gasteiger partial charge in [-0.1, -0.05) is 42.3 Å². The number of ether oxygens (including phenoxy) is 2. The van der Waals surface area contributed by atoms with Gasteiger partial charge in [-0.25, -0.2) is 16.8 Å². The van der Waals surface area contributed by atoms with Gasteiger partial charge in [0.25, 0.3) is 15.9 Å². The number of carbonyl (C=O) groups is 1. The van der Waals surface area contributed by atoms with Crippen LogP contribution < -0.4 is 9.46 Å². The van der Waals surface area contributed by atoms with Gasteiger partial charge >= 0.3 is 0 Å². The SMILES string of the molecule is Cc1ccc(S(=O)(=O)Nc2ccc3c(c2)C(=O)N([C@H](C)CO)C[C@@H](C)[C@@H](CN(C)S(=O)(=O)c2ccc(C)cc2)OCCCC[C@H](C)O3)cc1. The molecule has 11 nitrogen and oxygen atoms in total. The maximum absolute atomic E-state index is 14.4. The fourth-order valence-corrected chi connectivity index (χ4v) is 7.85. The molecule has 4 rings (SSSR count). The smallest absolute Gasteiger partial charge is 0.261 e. The van der Waals surface area contributed by atoms with Crippen molar-refractivity contribution in [1.82, 2.24) is 9.21 Å². The van der Waals surface area contributed by atoms with Crippen molar-refractivity contribution in [2.45, 2.75) is 81.9 Å². The van der Waals surface area contributed by atoms with Crippen molar-refractivity contribution in [2.24, 2.45) is 5.92 Å². The standard InChI is InChI=1S/C36H49N3O8S2/c1-25-10-15-31(16-11-25)48(42,43)37-30-14-19-34-33(21-30)36(41)39(28(4)24-40)22-27(3)35(46-20-8-7-9-29(5)47-34)23-38(6)49(44,45)32-17-12-26(2)13-18-32/h10-19,21,27-29,35,37,40H,7-9,20,22-24H2,1-6H3/t27-,28-,29+,35-/m1/s1. The average molecular weight is 716 g/mol. The Labute approximate surface area is 291 Å². The number of nitrogens with zero attached hydrogens (tertiary/aromatic N) is 2. The quantitative estimate of drug-likeness (QED) is 0.307. The lowest BCUT2D eigenvalue weighted by Gasteiger charge is -2.35. The van der Waals surface area contributed by atoms with Crippen molar-refractivity contribution in [1.29, 1.82) is 0 Å². The summed E-state index contributed by atoms with van der Waals surface area (Å²) < 4.78 is 69.8. The summed E-state index contributed by atoms with van der Waals surface area (Å²) in [6.07, 6.45) is 1.31. The van der Waals surface area contributed by atoms with Gasteiger partial charge in [0.15, 0.2) is 0 Å². The van der Waals surface area contributed by atoms with Crippen molar-refractivity contribution >= 4 is 31.6 Å². The van der Waals surface area contributed by atoms with Crippen LogP contribution in [0.2, 0.25) is 0 Å². The van der Waals surface area contributed by atoms with Crippen molar-refractivity contribution in [3.8, 4) is 5.75 Å². The third-order valence-corrected chi connectivity index (χ3v) is 12.0. The van der Waals surface area contributed by atoms with E-state index in [-0.39, 0.29) is 52.8 Å². The lowest BCUT2D eigenvalue weighted by Crippen LogP contribution is -2.48. The molecule has 0 saturated carbocycles. The third kappa shape index (κ3) is 9.82. The van der Waals surface area contributed by atoms with Gasteiger partial charge in [-0.15, -0.1) is 0 Å². The first-order valence-electron chi connectivity index (χ1n) is 16.6. The number of sulfonamides is 2. The molecule has 0 fully saturated rings. The van der Waals surface area contributed by atoms with Crippen LogP contribution in [0.5, 0.6) is 5.75 Å². The van der Waals surface area contributed by atoms with E-state index < -0.39 is 38.1 Å². The van der Waals surface area contributed by atoms with Gasteiger partial charge in [0.1, 0.15) is 5.75 Å². The van der Waals surface area contributed by atoms with Gasteiger partial charge in [0, 0.05) is 38.3 Å². The summed E-state index contributed by atoms with van der Waals surface area (Å²) in [4.78, 5) is 16.2. The van der Waals surface area contributed by atoms with E-state index in [0.717, 1.165) is 17.5 Å². The summed E-state index contributed by atoms with van der Waals surface area (Å²) in [5.41, 5.74) is 2.18. The van der Waals surface area contributed by atoms with E-state index in [4.69, 9.17) is 9.47 Å². The van der Waals surface area contributed by atoms with E-state index in [1.807, 2.05) is 27.7 Å². The van der Waals surface area contributed by atoms with E-state index in [1.165, 1.54) is 34.5 Å². The number of aliphatic hydroxyl groups is 1. The molecule has 3 aromatic carbocycles. The molecule has 0 saturated heterocycles. The number of aliphatic hydroxyl groups excluding tert-OH is 1. The maximum atomic E-state index is 14.4. The molecule has 0 aliphatic carbocycles. The number of hydrogen-bond donors (Lipinski definition) is 2. The van der Waals surface area contributed by atoms with E-state index in [0.29, 0.717) is 25.2 Å². The Morgan fingerprint density at radius 3 is 2.16 bits per heavy atom. The molecule has 13 heteroatoms. The second kappa shape index (κ2) is 16.5. The van der Waals surface area contributed by atoms with Crippen LogP contribution in [0.4, 0.5) is 5.69 Å². The van der Waals surface area contributed by atoms with Gasteiger partial charge in [-0.2, -0.15) is 4.31 Å². The molecule has 268 valence electrons. The summed E-state index contributed by atoms with van der Waals surface area (Å²) in [5.74, 6) is -0.529. The highest BCUT2D eigenvalue weighted by molar-refractivity contribution is 7.92. The molecular formula is C36H49N3O8S2. The Bertz CT molecular complexity index is 1780. The highest BCUT2D eigenvalue weighted by Crippen LogP contribution is 2.30. The second-order valence-corrected chi connectivity index (χ2v) is 16.8. The molecule has 1 heterocycles. The molecule has 0 aromatic heterocycles. The molecule has 0 radical (unpaired) electrons. The zero-order valence-corrected chi connectivity index (χ0v) is 30.8. The number of anilines is 1. The van der Waals surface area contributed by atoms with E-state index >= 15 is 0 Å². The number of likely N-dealkylation sites (N-methyl/N-ethyl adjacent to an activating group) is 1. The van der Waals surface area contributed by atoms with Crippen LogP contribution in [0.15, 0.2) is 76.5 Å². The molecule has 1 aliphatic heterocycles. The van der Waals surface area contributed by atoms with E-state index in [9.17, 15) is 26.7 Å². The first-order chi connectivity index (χ1) is 23.1. The number of rotatable bonds is 9. The van der Waals surface area contributed by atoms with Crippen LogP contribution in [0.1, 0.15) is 61.5 Å². The van der Waals surface area contributed by atoms with Crippen molar-refractivity contribution < 1.29 is 36.2 Å². The molecule has 1 amide bonds. The number of nitrogens with one attached hydrogen (secondary N) is 1. The fraction of sp³-hybridized carbons (Fsp3) is 0.472. The summed E-state index contributed by atoms with van der Waals surface area (Å²) in [6, 6.07) is 17.1. The molecule has 4 atom stereocenters. The average Bonchev–Trinajstić information content (AvgIpc) is 3.06. The number of benzene rings is 3. The number of carbonyl (C=O) groups excluding carboxylic acids is 1. The Morgan fingerprint density at radius 2 is 1.55 bits per heavy atom. The Balaban J connectivity index is 1.67. The molecule has 1 aliphatic rings. The van der Waals surface area contributed by atoms with Crippen LogP contribution in [-0.4, -0.2) is 88.7 Å². The zero-order chi connectivity index (χ0) is 35.9. The van der Waals surface area contributed by atoms with Crippen molar-refractivity contribution in [3.63, 3.8) is 0 Å². The highest BCUT2D eigenvalue weighted by Gasteiger charge is 2.32. The van der Waals surface area contributed by atoms with Gasteiger partial charge in [0.2, 0.25) is 10.0 Å². The number of amides is 1. The molecule has 0 spiro atoms. The van der Waals surface area contributed by atoms with Crippen LogP contribution in [-0.2, 0) is 24.8 Å². The predicted molar refractivity (Wildman–Crippen MR) is 190 cm³/mol. The second-order valence-electron chi connectivity index (χ2n) is 13.0. The molecule has 49 heavy (non-hydrogen) atoms. The van der Waals surface area contributed by atoms with Gasteiger partial charge < -0.3 is 19.5 Å². The van der Waals surface area contributed by atoms with Crippen LogP contribution in [0, 0.1) is 19.8 Å². The van der Waals surface area contributed by atoms with E-state index in [2.05, 4.69) is 4.72 Å². The summed E-state index contributed by atoms with van der Waals surface area (Å²) in [7, 11) is -6.25. The third-order valence-electron chi connectivity index (χ3n) is 8.80. The topological polar surface area (TPSA) is 143 Å². The van der Waals surface area contributed by atoms with Gasteiger partial charge in [0.05, 0.1) is 40.2 Å². The maximum Gasteiger partial charge on any atom is 0.261 e. The van der Waals surface area contributed by atoms with Crippen LogP contribution in [0.25, 0.3) is 0 Å². The molecular weight excluding hydrogens is 667 g/mol. The zero-order valence-electron chi connectivity index (χ0n) is 29.1. The molecule has 2 N–H and O–H groups in total. The first-order valence-corrected chi connectivity index (χ1v) is 19.5. The number of hydrogen-bond acceptors (Lipinski definition) is 8. The van der Waals surface area contributed by atoms with Crippen molar-refractivity contribution in [3.05, 3.63) is 83.4 Å². The largest absolute Gasteiger partial charge is 0.490 e. The number of fused-ring (bicyclic) bond motifs is 1. The molecule has 0 unspecified atom stereocenters. The molecule has 3 aromatic rings. The lowest BCUT2D eigenvalue weighted by molar-refractivity contribution is -0.00833. The first kappa shape index (κ1) is 38.3. The Kier molecular flexibility index (Phi) is 12.9. The summed E-state index contributed by atoms with van der Waals surface area (Å²) >= 11 is 0. The summed E-state index contributed by atoms with van der Waals surface area (Å²) in [6.45, 7) is 9.49. The van der Waals surface area contributed by atoms with Crippen LogP contribution in [0.3, 0.4) is 0 Å². The minimum atomic E-state index is -3.96. The fourth-order valence-electron chi connectivity index (χ4n) is 5.62. The Morgan fingerprint density at radius 1 is 0.939 bits per heavy atom. The Hall–Kier alpha value is -3.49. The van der Waals surface area contributed by atoms with Gasteiger partial charge in [-0.05, 0) is 89.4 Å². The highest BCUT2D eigenvalue weighted by atomic mass is 32.2. The minimum Gasteiger partial charge on any atom is -0.490 e. The predicted octanol–water partition coefficient (Wildman–Crippen LogP) is 5.22. The van der Waals surface area contributed by atoms with Crippen LogP contribution >= 0.6 is 0 Å². The molecule has 0 bridgehead atoms. The minimum absolute atomic E-state index is 0.0496. The summed E-state index contributed by atoms with van der Waals surface area (Å²) in [5, 5.41) is 10.2.